The molecule has 0 aliphatic rings. The Morgan fingerprint density at radius 3 is 1.69 bits per heavy atom. The molecule has 0 unspecified atom stereocenters. The normalized spacial score (nSPS) is 10.9. The van der Waals surface area contributed by atoms with Gasteiger partial charge < -0.3 is 18.9 Å². The van der Waals surface area contributed by atoms with E-state index in [2.05, 4.69) is 43.3 Å². The van der Waals surface area contributed by atoms with Crippen LogP contribution in [0, 0.1) is 0 Å². The van der Waals surface area contributed by atoms with E-state index in [4.69, 9.17) is 18.9 Å². The molecule has 0 aromatic heterocycles. The van der Waals surface area contributed by atoms with E-state index in [-0.39, 0.29) is 6.79 Å². The first kappa shape index (κ1) is 27.8. The van der Waals surface area contributed by atoms with Gasteiger partial charge in [0.25, 0.3) is 0 Å². The number of rotatable bonds is 18. The molecule has 0 amide bonds. The predicted molar refractivity (Wildman–Crippen MR) is 149 cm³/mol. The van der Waals surface area contributed by atoms with Crippen LogP contribution in [0.25, 0.3) is 22.3 Å². The number of hydrogen-bond donors (Lipinski definition) is 0. The van der Waals surface area contributed by atoms with Gasteiger partial charge in [0.2, 0.25) is 0 Å². The van der Waals surface area contributed by atoms with Crippen LogP contribution in [0.3, 0.4) is 0 Å². The summed E-state index contributed by atoms with van der Waals surface area (Å²) in [5.74, 6) is 1.66. The third-order valence-corrected chi connectivity index (χ3v) is 6.22. The van der Waals surface area contributed by atoms with E-state index in [0.717, 1.165) is 46.8 Å². The summed E-state index contributed by atoms with van der Waals surface area (Å²) in [6, 6.07) is 24.8. The van der Waals surface area contributed by atoms with Gasteiger partial charge in [0.15, 0.2) is 6.79 Å². The van der Waals surface area contributed by atoms with Gasteiger partial charge in [-0.05, 0) is 29.7 Å². The van der Waals surface area contributed by atoms with E-state index < -0.39 is 0 Å². The van der Waals surface area contributed by atoms with Crippen molar-refractivity contribution in [3.8, 4) is 33.8 Å². The maximum atomic E-state index is 6.28. The number of ether oxygens (including phenoxy) is 4. The zero-order valence-electron chi connectivity index (χ0n) is 22.0. The third kappa shape index (κ3) is 9.33. The van der Waals surface area contributed by atoms with Crippen molar-refractivity contribution in [1.29, 1.82) is 0 Å². The van der Waals surface area contributed by atoms with Crippen molar-refractivity contribution >= 4 is 0 Å². The zero-order valence-corrected chi connectivity index (χ0v) is 22.0. The maximum absolute atomic E-state index is 6.28. The minimum atomic E-state index is 0.154. The molecule has 194 valence electrons. The molecule has 0 spiro atoms. The fraction of sp³-hybridized carbons (Fsp3) is 0.438. The molecule has 0 saturated heterocycles. The maximum Gasteiger partial charge on any atom is 0.189 e. The van der Waals surface area contributed by atoms with Gasteiger partial charge >= 0.3 is 0 Å². The van der Waals surface area contributed by atoms with Crippen LogP contribution < -0.4 is 9.47 Å². The molecule has 0 heterocycles. The summed E-state index contributed by atoms with van der Waals surface area (Å²) in [4.78, 5) is 0. The summed E-state index contributed by atoms with van der Waals surface area (Å²) in [7, 11) is 1.66. The Bertz CT molecular complexity index is 911. The highest BCUT2D eigenvalue weighted by Gasteiger charge is 2.17. The molecule has 3 rings (SSSR count). The topological polar surface area (TPSA) is 36.9 Å². The Kier molecular flexibility index (Phi) is 12.9. The number of methoxy groups -OCH3 is 1. The molecule has 0 aliphatic heterocycles. The standard InChI is InChI=1S/C32H42O4/c1-3-4-5-6-7-8-9-16-21-35-29-24-30(27-17-12-10-13-18-27)32(36-26-34-23-22-33-2)31(25-29)28-19-14-11-15-20-28/h10-15,17-20,24-25H,3-9,16,21-23,26H2,1-2H3. The number of benzene rings is 3. The van der Waals surface area contributed by atoms with Gasteiger partial charge in [0.05, 0.1) is 19.8 Å². The van der Waals surface area contributed by atoms with Crippen molar-refractivity contribution in [1.82, 2.24) is 0 Å². The minimum Gasteiger partial charge on any atom is -0.494 e. The molecule has 3 aromatic carbocycles. The Morgan fingerprint density at radius 1 is 0.583 bits per heavy atom. The van der Waals surface area contributed by atoms with E-state index >= 15 is 0 Å². The lowest BCUT2D eigenvalue weighted by Gasteiger charge is -2.19. The molecule has 0 fully saturated rings. The molecular formula is C32H42O4. The number of hydrogen-bond acceptors (Lipinski definition) is 4. The molecule has 4 heteroatoms. The van der Waals surface area contributed by atoms with Crippen molar-refractivity contribution in [3.63, 3.8) is 0 Å². The van der Waals surface area contributed by atoms with Crippen LogP contribution in [0.4, 0.5) is 0 Å². The minimum absolute atomic E-state index is 0.154. The summed E-state index contributed by atoms with van der Waals surface area (Å²) in [5, 5.41) is 0. The van der Waals surface area contributed by atoms with Crippen molar-refractivity contribution in [2.45, 2.75) is 58.3 Å². The highest BCUT2D eigenvalue weighted by atomic mass is 16.7. The average Bonchev–Trinajstić information content (AvgIpc) is 2.93. The van der Waals surface area contributed by atoms with Crippen molar-refractivity contribution in [2.75, 3.05) is 33.7 Å². The molecule has 36 heavy (non-hydrogen) atoms. The van der Waals surface area contributed by atoms with Crippen LogP contribution in [0.5, 0.6) is 11.5 Å². The molecular weight excluding hydrogens is 448 g/mol. The smallest absolute Gasteiger partial charge is 0.189 e. The highest BCUT2D eigenvalue weighted by Crippen LogP contribution is 2.42. The quantitative estimate of drug-likeness (QED) is 0.132. The van der Waals surface area contributed by atoms with Crippen LogP contribution >= 0.6 is 0 Å². The lowest BCUT2D eigenvalue weighted by Crippen LogP contribution is -2.09. The molecule has 4 nitrogen and oxygen atoms in total. The highest BCUT2D eigenvalue weighted by molar-refractivity contribution is 5.84. The summed E-state index contributed by atoms with van der Waals surface area (Å²) in [6.07, 6.45) is 10.3. The summed E-state index contributed by atoms with van der Waals surface area (Å²) in [5.41, 5.74) is 4.16. The van der Waals surface area contributed by atoms with Gasteiger partial charge in [0.1, 0.15) is 11.5 Å². The van der Waals surface area contributed by atoms with Gasteiger partial charge in [-0.1, -0.05) is 113 Å². The molecule has 0 aliphatic carbocycles. The Labute approximate surface area is 217 Å². The van der Waals surface area contributed by atoms with Gasteiger partial charge in [-0.3, -0.25) is 0 Å². The van der Waals surface area contributed by atoms with Gasteiger partial charge in [-0.15, -0.1) is 0 Å². The fourth-order valence-corrected chi connectivity index (χ4v) is 4.23. The largest absolute Gasteiger partial charge is 0.494 e. The molecule has 0 radical (unpaired) electrons. The van der Waals surface area contributed by atoms with E-state index in [1.165, 1.54) is 44.9 Å². The second-order valence-corrected chi connectivity index (χ2v) is 9.07. The summed E-state index contributed by atoms with van der Waals surface area (Å²) in [6.45, 7) is 4.15. The van der Waals surface area contributed by atoms with Gasteiger partial charge in [-0.2, -0.15) is 0 Å². The molecule has 0 saturated carbocycles. The first-order valence-corrected chi connectivity index (χ1v) is 13.4. The van der Waals surface area contributed by atoms with Gasteiger partial charge in [0, 0.05) is 18.2 Å². The van der Waals surface area contributed by atoms with Crippen LogP contribution in [-0.4, -0.2) is 33.7 Å². The molecule has 0 N–H and O–H groups in total. The van der Waals surface area contributed by atoms with Gasteiger partial charge in [-0.25, -0.2) is 0 Å². The van der Waals surface area contributed by atoms with E-state index in [0.29, 0.717) is 13.2 Å². The lowest BCUT2D eigenvalue weighted by atomic mass is 9.96. The first-order chi connectivity index (χ1) is 17.8. The third-order valence-electron chi connectivity index (χ3n) is 6.22. The summed E-state index contributed by atoms with van der Waals surface area (Å²) < 4.78 is 23.3. The zero-order chi connectivity index (χ0) is 25.3. The molecule has 0 atom stereocenters. The number of unbranched alkanes of at least 4 members (excludes halogenated alkanes) is 7. The van der Waals surface area contributed by atoms with E-state index in [1.54, 1.807) is 7.11 Å². The SMILES string of the molecule is CCCCCCCCCCOc1cc(-c2ccccc2)c(OCOCCOC)c(-c2ccccc2)c1. The van der Waals surface area contributed by atoms with Crippen LogP contribution in [0.2, 0.25) is 0 Å². The molecule has 3 aromatic rings. The fourth-order valence-electron chi connectivity index (χ4n) is 4.23. The Balaban J connectivity index is 1.76. The monoisotopic (exact) mass is 490 g/mol. The Hall–Kier alpha value is -2.82. The van der Waals surface area contributed by atoms with E-state index in [1.807, 2.05) is 36.4 Å². The second kappa shape index (κ2) is 16.8. The molecule has 0 bridgehead atoms. The average molecular weight is 491 g/mol. The summed E-state index contributed by atoms with van der Waals surface area (Å²) >= 11 is 0. The second-order valence-electron chi connectivity index (χ2n) is 9.07. The van der Waals surface area contributed by atoms with Crippen molar-refractivity contribution < 1.29 is 18.9 Å². The van der Waals surface area contributed by atoms with E-state index in [9.17, 15) is 0 Å². The predicted octanol–water partition coefficient (Wildman–Crippen LogP) is 8.54. The lowest BCUT2D eigenvalue weighted by molar-refractivity contribution is -0.00799. The van der Waals surface area contributed by atoms with Crippen molar-refractivity contribution in [2.24, 2.45) is 0 Å². The van der Waals surface area contributed by atoms with Crippen LogP contribution in [0.1, 0.15) is 58.3 Å². The van der Waals surface area contributed by atoms with Crippen LogP contribution in [0.15, 0.2) is 72.8 Å². The van der Waals surface area contributed by atoms with Crippen molar-refractivity contribution in [3.05, 3.63) is 72.8 Å². The Morgan fingerprint density at radius 2 is 1.14 bits per heavy atom. The van der Waals surface area contributed by atoms with Crippen LogP contribution in [-0.2, 0) is 9.47 Å². The first-order valence-electron chi connectivity index (χ1n) is 13.4.